The van der Waals surface area contributed by atoms with Crippen LogP contribution in [0, 0.1) is 46.8 Å². The molecule has 6 unspecified atom stereocenters. The third kappa shape index (κ3) is 2.39. The van der Waals surface area contributed by atoms with Crippen LogP contribution >= 0.6 is 0 Å². The number of rotatable bonds is 2. The van der Waals surface area contributed by atoms with Crippen LogP contribution in [0.25, 0.3) is 0 Å². The van der Waals surface area contributed by atoms with Crippen molar-refractivity contribution in [3.63, 3.8) is 0 Å². The zero-order chi connectivity index (χ0) is 15.3. The van der Waals surface area contributed by atoms with E-state index in [1.807, 2.05) is 0 Å². The van der Waals surface area contributed by atoms with Crippen LogP contribution in [-0.2, 0) is 0 Å². The van der Waals surface area contributed by atoms with Gasteiger partial charge in [-0.15, -0.1) is 0 Å². The molecule has 126 valence electrons. The first-order chi connectivity index (χ1) is 10.6. The van der Waals surface area contributed by atoms with E-state index in [0.29, 0.717) is 5.41 Å². The summed E-state index contributed by atoms with van der Waals surface area (Å²) in [6.45, 7) is 7.89. The van der Waals surface area contributed by atoms with Gasteiger partial charge in [0.05, 0.1) is 0 Å². The van der Waals surface area contributed by atoms with E-state index in [1.165, 1.54) is 44.9 Å². The van der Waals surface area contributed by atoms with Crippen molar-refractivity contribution in [1.29, 1.82) is 0 Å². The molecule has 0 heteroatoms. The van der Waals surface area contributed by atoms with Crippen molar-refractivity contribution in [2.75, 3.05) is 0 Å². The van der Waals surface area contributed by atoms with Gasteiger partial charge >= 0.3 is 0 Å². The van der Waals surface area contributed by atoms with E-state index in [-0.39, 0.29) is 0 Å². The Balaban J connectivity index is 1.63. The van der Waals surface area contributed by atoms with Crippen LogP contribution in [0.2, 0.25) is 0 Å². The Morgan fingerprint density at radius 2 is 1.14 bits per heavy atom. The lowest BCUT2D eigenvalue weighted by Crippen LogP contribution is -2.39. The van der Waals surface area contributed by atoms with E-state index in [4.69, 9.17) is 0 Å². The first-order valence-corrected chi connectivity index (χ1v) is 10.6. The van der Waals surface area contributed by atoms with Crippen molar-refractivity contribution >= 4 is 0 Å². The van der Waals surface area contributed by atoms with Gasteiger partial charge in [-0.1, -0.05) is 52.9 Å². The van der Waals surface area contributed by atoms with E-state index in [0.717, 1.165) is 41.4 Å². The molecule has 6 atom stereocenters. The average Bonchev–Trinajstić information content (AvgIpc) is 3.09. The van der Waals surface area contributed by atoms with E-state index < -0.39 is 0 Å². The minimum absolute atomic E-state index is 0.613. The quantitative estimate of drug-likeness (QED) is 0.533. The smallest absolute Gasteiger partial charge is 0.0292 e. The fraction of sp³-hybridized carbons (Fsp3) is 1.00. The largest absolute Gasteiger partial charge is 0.0625 e. The van der Waals surface area contributed by atoms with Gasteiger partial charge in [0, 0.05) is 0 Å². The first-order valence-electron chi connectivity index (χ1n) is 10.6. The number of hydrogen-bond donors (Lipinski definition) is 0. The van der Waals surface area contributed by atoms with E-state index >= 15 is 0 Å². The van der Waals surface area contributed by atoms with Crippen LogP contribution in [0.15, 0.2) is 0 Å². The Labute approximate surface area is 138 Å². The second kappa shape index (κ2) is 5.82. The Morgan fingerprint density at radius 3 is 1.59 bits per heavy atom. The third-order valence-corrected chi connectivity index (χ3v) is 8.83. The maximum Gasteiger partial charge on any atom is -0.0292 e. The van der Waals surface area contributed by atoms with Crippen molar-refractivity contribution in [3.05, 3.63) is 0 Å². The molecule has 4 aliphatic carbocycles. The molecular formula is C22H38. The highest BCUT2D eigenvalue weighted by Crippen LogP contribution is 2.64. The predicted molar refractivity (Wildman–Crippen MR) is 94.7 cm³/mol. The van der Waals surface area contributed by atoms with Crippen LogP contribution < -0.4 is 0 Å². The summed E-state index contributed by atoms with van der Waals surface area (Å²) < 4.78 is 0. The highest BCUT2D eigenvalue weighted by atomic mass is 14.6. The Kier molecular flexibility index (Phi) is 4.10. The molecule has 4 saturated carbocycles. The maximum absolute atomic E-state index is 2.70. The maximum atomic E-state index is 2.70. The topological polar surface area (TPSA) is 0 Å². The number of fused-ring (bicyclic) bond motifs is 3. The van der Waals surface area contributed by atoms with E-state index in [2.05, 4.69) is 20.8 Å². The van der Waals surface area contributed by atoms with Crippen molar-refractivity contribution in [2.24, 2.45) is 46.8 Å². The van der Waals surface area contributed by atoms with Crippen molar-refractivity contribution in [3.8, 4) is 0 Å². The molecule has 0 heterocycles. The van der Waals surface area contributed by atoms with Crippen molar-refractivity contribution in [1.82, 2.24) is 0 Å². The second-order valence-electron chi connectivity index (χ2n) is 10.2. The fourth-order valence-corrected chi connectivity index (χ4v) is 7.91. The molecule has 4 aliphatic rings. The van der Waals surface area contributed by atoms with E-state index in [1.54, 1.807) is 25.7 Å². The Hall–Kier alpha value is 0. The van der Waals surface area contributed by atoms with Crippen LogP contribution in [0.3, 0.4) is 0 Å². The molecule has 0 N–H and O–H groups in total. The molecule has 4 fully saturated rings. The van der Waals surface area contributed by atoms with Gasteiger partial charge in [0.1, 0.15) is 0 Å². The van der Waals surface area contributed by atoms with Gasteiger partial charge in [-0.2, -0.15) is 0 Å². The molecule has 0 spiro atoms. The molecule has 0 aliphatic heterocycles. The number of hydrogen-bond acceptors (Lipinski definition) is 0. The highest BCUT2D eigenvalue weighted by molar-refractivity contribution is 5.05. The summed E-state index contributed by atoms with van der Waals surface area (Å²) in [7, 11) is 0. The van der Waals surface area contributed by atoms with Crippen molar-refractivity contribution in [2.45, 2.75) is 91.4 Å². The summed E-state index contributed by atoms with van der Waals surface area (Å²) in [5, 5.41) is 0. The molecule has 4 rings (SSSR count). The lowest BCUT2D eigenvalue weighted by molar-refractivity contribution is 0.0298. The molecular weight excluding hydrogens is 264 g/mol. The molecule has 22 heavy (non-hydrogen) atoms. The molecule has 0 amide bonds. The lowest BCUT2D eigenvalue weighted by Gasteiger charge is -2.46. The summed E-state index contributed by atoms with van der Waals surface area (Å²) >= 11 is 0. The monoisotopic (exact) mass is 302 g/mol. The Bertz CT molecular complexity index is 373. The average molecular weight is 303 g/mol. The van der Waals surface area contributed by atoms with Crippen LogP contribution in [0.5, 0.6) is 0 Å². The fourth-order valence-electron chi connectivity index (χ4n) is 7.91. The Morgan fingerprint density at radius 1 is 0.636 bits per heavy atom. The van der Waals surface area contributed by atoms with Crippen LogP contribution in [-0.4, -0.2) is 0 Å². The minimum atomic E-state index is 0.613. The van der Waals surface area contributed by atoms with Crippen LogP contribution in [0.4, 0.5) is 0 Å². The van der Waals surface area contributed by atoms with Gasteiger partial charge in [0.2, 0.25) is 0 Å². The summed E-state index contributed by atoms with van der Waals surface area (Å²) in [5.74, 6) is 7.55. The summed E-state index contributed by atoms with van der Waals surface area (Å²) in [4.78, 5) is 0. The van der Waals surface area contributed by atoms with Gasteiger partial charge in [0.15, 0.2) is 0 Å². The van der Waals surface area contributed by atoms with Crippen LogP contribution in [0.1, 0.15) is 91.4 Å². The molecule has 0 saturated heterocycles. The molecule has 0 aromatic rings. The molecule has 0 aromatic heterocycles. The van der Waals surface area contributed by atoms with Gasteiger partial charge in [-0.05, 0) is 85.4 Å². The minimum Gasteiger partial charge on any atom is -0.0625 e. The van der Waals surface area contributed by atoms with Gasteiger partial charge in [0.25, 0.3) is 0 Å². The third-order valence-electron chi connectivity index (χ3n) is 8.83. The first kappa shape index (κ1) is 15.5. The summed E-state index contributed by atoms with van der Waals surface area (Å²) in [5.41, 5.74) is 0.613. The normalized spacial score (nSPS) is 49.0. The second-order valence-corrected chi connectivity index (χ2v) is 10.2. The van der Waals surface area contributed by atoms with Gasteiger partial charge in [-0.25, -0.2) is 0 Å². The van der Waals surface area contributed by atoms with E-state index in [9.17, 15) is 0 Å². The SMILES string of the molecule is CC1CCC(C(C)(C)C2C3CCCCC3C3CCCCC32)C1. The zero-order valence-electron chi connectivity index (χ0n) is 15.3. The summed E-state index contributed by atoms with van der Waals surface area (Å²) in [6.07, 6.45) is 17.0. The molecule has 0 aromatic carbocycles. The molecule has 0 bridgehead atoms. The molecule has 0 radical (unpaired) electrons. The van der Waals surface area contributed by atoms with Gasteiger partial charge in [-0.3, -0.25) is 0 Å². The summed E-state index contributed by atoms with van der Waals surface area (Å²) in [6, 6.07) is 0. The van der Waals surface area contributed by atoms with Gasteiger partial charge < -0.3 is 0 Å². The predicted octanol–water partition coefficient (Wildman–Crippen LogP) is 6.69. The zero-order valence-corrected chi connectivity index (χ0v) is 15.3. The highest BCUT2D eigenvalue weighted by Gasteiger charge is 2.57. The standard InChI is InChI=1S/C22H38/c1-15-12-13-16(14-15)22(2,3)21-19-10-6-4-8-17(19)18-9-5-7-11-20(18)21/h15-21H,4-14H2,1-3H3. The molecule has 0 nitrogen and oxygen atoms in total. The van der Waals surface area contributed by atoms with Crippen molar-refractivity contribution < 1.29 is 0 Å². The lowest BCUT2D eigenvalue weighted by atomic mass is 9.59.